The average molecular weight is 531 g/mol. The van der Waals surface area contributed by atoms with Gasteiger partial charge in [-0.05, 0) is 53.6 Å². The molecule has 0 aliphatic carbocycles. The largest absolute Gasteiger partial charge is 0.469 e. The van der Waals surface area contributed by atoms with Gasteiger partial charge in [-0.2, -0.15) is 0 Å². The number of halogens is 2. The average Bonchev–Trinajstić information content (AvgIpc) is 3.07. The number of pyridine rings is 1. The van der Waals surface area contributed by atoms with Crippen molar-refractivity contribution in [2.24, 2.45) is 0 Å². The van der Waals surface area contributed by atoms with Crippen molar-refractivity contribution in [1.82, 2.24) is 9.55 Å². The SMILES string of the molecule is COC(=O)CCCn1cc(I)c2oc(-c3cccc(Br)c3C)nc2c1=O. The summed E-state index contributed by atoms with van der Waals surface area (Å²) in [6.45, 7) is 2.38. The number of oxazole rings is 1. The van der Waals surface area contributed by atoms with E-state index in [2.05, 4.69) is 48.2 Å². The molecule has 0 aliphatic heterocycles. The van der Waals surface area contributed by atoms with Gasteiger partial charge in [0.1, 0.15) is 0 Å². The molecule has 136 valence electrons. The van der Waals surface area contributed by atoms with Crippen molar-refractivity contribution < 1.29 is 13.9 Å². The van der Waals surface area contributed by atoms with Gasteiger partial charge in [0, 0.05) is 29.2 Å². The summed E-state index contributed by atoms with van der Waals surface area (Å²) in [6.07, 6.45) is 2.51. The number of hydrogen-bond acceptors (Lipinski definition) is 5. The Hall–Kier alpha value is -1.68. The van der Waals surface area contributed by atoms with Gasteiger partial charge in [0.15, 0.2) is 11.1 Å². The van der Waals surface area contributed by atoms with Crippen LogP contribution in [0, 0.1) is 10.5 Å². The molecule has 0 aliphatic rings. The molecule has 6 nitrogen and oxygen atoms in total. The molecule has 0 saturated heterocycles. The summed E-state index contributed by atoms with van der Waals surface area (Å²) in [4.78, 5) is 28.4. The van der Waals surface area contributed by atoms with Crippen LogP contribution in [0.25, 0.3) is 22.6 Å². The first-order valence-electron chi connectivity index (χ1n) is 7.94. The lowest BCUT2D eigenvalue weighted by Crippen LogP contribution is -2.21. The van der Waals surface area contributed by atoms with Crippen LogP contribution < -0.4 is 5.56 Å². The number of nitrogens with zero attached hydrogens (tertiary/aromatic N) is 2. The first-order chi connectivity index (χ1) is 12.4. The van der Waals surface area contributed by atoms with Crippen molar-refractivity contribution in [3.8, 4) is 11.5 Å². The molecular weight excluding hydrogens is 515 g/mol. The van der Waals surface area contributed by atoms with E-state index in [1.165, 1.54) is 7.11 Å². The van der Waals surface area contributed by atoms with Crippen LogP contribution >= 0.6 is 38.5 Å². The molecule has 8 heteroatoms. The second-order valence-corrected chi connectivity index (χ2v) is 7.78. The molecule has 0 spiro atoms. The number of fused-ring (bicyclic) bond motifs is 1. The number of benzene rings is 1. The van der Waals surface area contributed by atoms with E-state index in [4.69, 9.17) is 4.42 Å². The second-order valence-electron chi connectivity index (χ2n) is 5.76. The molecule has 0 fully saturated rings. The summed E-state index contributed by atoms with van der Waals surface area (Å²) in [6, 6.07) is 5.75. The molecule has 0 N–H and O–H groups in total. The van der Waals surface area contributed by atoms with Crippen molar-refractivity contribution in [3.63, 3.8) is 0 Å². The maximum absolute atomic E-state index is 12.7. The van der Waals surface area contributed by atoms with Gasteiger partial charge in [0.2, 0.25) is 5.89 Å². The first-order valence-corrected chi connectivity index (χ1v) is 9.81. The Morgan fingerprint density at radius 2 is 2.19 bits per heavy atom. The molecule has 0 saturated carbocycles. The third kappa shape index (κ3) is 3.71. The highest BCUT2D eigenvalue weighted by Gasteiger charge is 2.18. The molecule has 26 heavy (non-hydrogen) atoms. The summed E-state index contributed by atoms with van der Waals surface area (Å²) >= 11 is 5.63. The number of ether oxygens (including phenoxy) is 1. The lowest BCUT2D eigenvalue weighted by molar-refractivity contribution is -0.140. The van der Waals surface area contributed by atoms with Crippen LogP contribution in [0.3, 0.4) is 0 Å². The second kappa shape index (κ2) is 7.91. The van der Waals surface area contributed by atoms with Crippen LogP contribution in [-0.4, -0.2) is 22.6 Å². The van der Waals surface area contributed by atoms with Gasteiger partial charge in [0.25, 0.3) is 5.56 Å². The van der Waals surface area contributed by atoms with Gasteiger partial charge in [0.05, 0.1) is 10.7 Å². The number of carbonyl (C=O) groups is 1. The number of aryl methyl sites for hydroxylation is 1. The minimum atomic E-state index is -0.289. The van der Waals surface area contributed by atoms with Crippen molar-refractivity contribution in [1.29, 1.82) is 0 Å². The van der Waals surface area contributed by atoms with E-state index in [0.29, 0.717) is 30.0 Å². The molecule has 2 aromatic heterocycles. The fourth-order valence-corrected chi connectivity index (χ4v) is 3.70. The molecule has 3 aromatic rings. The Morgan fingerprint density at radius 1 is 1.42 bits per heavy atom. The van der Waals surface area contributed by atoms with Gasteiger partial charge in [-0.1, -0.05) is 22.0 Å². The number of carbonyl (C=O) groups excluding carboxylic acids is 1. The van der Waals surface area contributed by atoms with Crippen LogP contribution in [0.1, 0.15) is 18.4 Å². The van der Waals surface area contributed by atoms with E-state index in [-0.39, 0.29) is 17.9 Å². The number of aromatic nitrogens is 2. The van der Waals surface area contributed by atoms with E-state index in [1.54, 1.807) is 10.8 Å². The number of rotatable bonds is 5. The highest BCUT2D eigenvalue weighted by molar-refractivity contribution is 14.1. The minimum Gasteiger partial charge on any atom is -0.469 e. The van der Waals surface area contributed by atoms with E-state index in [0.717, 1.165) is 19.2 Å². The van der Waals surface area contributed by atoms with Crippen LogP contribution in [-0.2, 0) is 16.1 Å². The Labute approximate surface area is 171 Å². The standard InChI is InChI=1S/C18H16BrIN2O4/c1-10-11(5-3-6-12(10)19)17-21-15-16(26-17)13(20)9-22(18(15)24)8-4-7-14(23)25-2/h3,5-6,9H,4,7-8H2,1-2H3. The lowest BCUT2D eigenvalue weighted by atomic mass is 10.1. The zero-order chi connectivity index (χ0) is 18.8. The Kier molecular flexibility index (Phi) is 5.81. The highest BCUT2D eigenvalue weighted by Crippen LogP contribution is 2.31. The summed E-state index contributed by atoms with van der Waals surface area (Å²) in [7, 11) is 1.35. The number of methoxy groups -OCH3 is 1. The summed E-state index contributed by atoms with van der Waals surface area (Å²) < 4.78 is 13.8. The van der Waals surface area contributed by atoms with Gasteiger partial charge in [-0.15, -0.1) is 0 Å². The predicted octanol–water partition coefficient (Wildman–Crippen LogP) is 4.29. The van der Waals surface area contributed by atoms with Crippen molar-refractivity contribution in [2.75, 3.05) is 7.11 Å². The van der Waals surface area contributed by atoms with E-state index in [9.17, 15) is 9.59 Å². The van der Waals surface area contributed by atoms with E-state index in [1.807, 2.05) is 25.1 Å². The Bertz CT molecular complexity index is 1040. The minimum absolute atomic E-state index is 0.229. The fourth-order valence-electron chi connectivity index (χ4n) is 2.63. The third-order valence-electron chi connectivity index (χ3n) is 4.08. The van der Waals surface area contributed by atoms with Crippen LogP contribution in [0.15, 0.2) is 38.1 Å². The van der Waals surface area contributed by atoms with Gasteiger partial charge < -0.3 is 13.7 Å². The highest BCUT2D eigenvalue weighted by atomic mass is 127. The molecule has 0 unspecified atom stereocenters. The van der Waals surface area contributed by atoms with Crippen LogP contribution in [0.4, 0.5) is 0 Å². The van der Waals surface area contributed by atoms with E-state index >= 15 is 0 Å². The quantitative estimate of drug-likeness (QED) is 0.363. The van der Waals surface area contributed by atoms with Gasteiger partial charge >= 0.3 is 5.97 Å². The third-order valence-corrected chi connectivity index (χ3v) is 5.71. The van der Waals surface area contributed by atoms with Crippen molar-refractivity contribution >= 4 is 55.6 Å². The summed E-state index contributed by atoms with van der Waals surface area (Å²) in [5.74, 6) is 0.129. The molecule has 0 amide bonds. The van der Waals surface area contributed by atoms with Crippen LogP contribution in [0.2, 0.25) is 0 Å². The fraction of sp³-hybridized carbons (Fsp3) is 0.278. The lowest BCUT2D eigenvalue weighted by Gasteiger charge is -2.05. The Balaban J connectivity index is 2.00. The topological polar surface area (TPSA) is 74.3 Å². The molecule has 0 bridgehead atoms. The summed E-state index contributed by atoms with van der Waals surface area (Å²) in [5, 5.41) is 0. The zero-order valence-electron chi connectivity index (χ0n) is 14.2. The molecule has 0 atom stereocenters. The molecule has 0 radical (unpaired) electrons. The summed E-state index contributed by atoms with van der Waals surface area (Å²) in [5.41, 5.74) is 2.38. The van der Waals surface area contributed by atoms with Gasteiger partial charge in [-0.3, -0.25) is 9.59 Å². The predicted molar refractivity (Wildman–Crippen MR) is 110 cm³/mol. The monoisotopic (exact) mass is 530 g/mol. The Morgan fingerprint density at radius 3 is 2.92 bits per heavy atom. The molecule has 1 aromatic carbocycles. The normalized spacial score (nSPS) is 11.1. The first kappa shape index (κ1) is 19.1. The van der Waals surface area contributed by atoms with Crippen molar-refractivity contribution in [3.05, 3.63) is 48.4 Å². The molecule has 2 heterocycles. The number of hydrogen-bond donors (Lipinski definition) is 0. The van der Waals surface area contributed by atoms with Crippen LogP contribution in [0.5, 0.6) is 0 Å². The molecule has 3 rings (SSSR count). The van der Waals surface area contributed by atoms with Crippen molar-refractivity contribution in [2.45, 2.75) is 26.3 Å². The van der Waals surface area contributed by atoms with Gasteiger partial charge in [-0.25, -0.2) is 4.98 Å². The zero-order valence-corrected chi connectivity index (χ0v) is 18.0. The maximum atomic E-state index is 12.7. The molecular formula is C18H16BrIN2O4. The van der Waals surface area contributed by atoms with E-state index < -0.39 is 0 Å². The maximum Gasteiger partial charge on any atom is 0.305 e. The smallest absolute Gasteiger partial charge is 0.305 e. The number of esters is 1.